The van der Waals surface area contributed by atoms with Crippen molar-refractivity contribution in [1.82, 2.24) is 0 Å². The van der Waals surface area contributed by atoms with Crippen molar-refractivity contribution in [2.24, 2.45) is 0 Å². The predicted molar refractivity (Wildman–Crippen MR) is 95.9 cm³/mol. The standard InChI is InChI=1S/C20H17ClO3/c1-13-15(8-4-10-17(13)21)12-19(20(22)23)24-18-11-5-7-14-6-2-3-9-16(14)18/h2-11,19H,12H2,1H3,(H,22,23)/t19-/m1/s1. The van der Waals surface area contributed by atoms with E-state index < -0.39 is 12.1 Å². The number of rotatable bonds is 5. The molecule has 24 heavy (non-hydrogen) atoms. The molecule has 0 heterocycles. The van der Waals surface area contributed by atoms with E-state index in [4.69, 9.17) is 16.3 Å². The second-order valence-electron chi connectivity index (χ2n) is 5.65. The van der Waals surface area contributed by atoms with Crippen molar-refractivity contribution in [3.05, 3.63) is 76.8 Å². The minimum atomic E-state index is -0.998. The molecule has 0 aliphatic rings. The lowest BCUT2D eigenvalue weighted by atomic mass is 10.0. The maximum absolute atomic E-state index is 11.7. The maximum Gasteiger partial charge on any atom is 0.345 e. The number of hydrogen-bond donors (Lipinski definition) is 1. The first-order valence-corrected chi connectivity index (χ1v) is 8.05. The Bertz CT molecular complexity index is 884. The summed E-state index contributed by atoms with van der Waals surface area (Å²) in [7, 11) is 0. The molecule has 0 fully saturated rings. The normalized spacial score (nSPS) is 12.1. The highest BCUT2D eigenvalue weighted by Crippen LogP contribution is 2.27. The average molecular weight is 341 g/mol. The number of ether oxygens (including phenoxy) is 1. The molecule has 0 saturated heterocycles. The number of aliphatic carboxylic acids is 1. The van der Waals surface area contributed by atoms with E-state index in [2.05, 4.69) is 0 Å². The third-order valence-electron chi connectivity index (χ3n) is 4.08. The molecular weight excluding hydrogens is 324 g/mol. The van der Waals surface area contributed by atoms with Crippen LogP contribution in [0.5, 0.6) is 5.75 Å². The minimum Gasteiger partial charge on any atom is -0.478 e. The summed E-state index contributed by atoms with van der Waals surface area (Å²) in [5, 5.41) is 12.1. The van der Waals surface area contributed by atoms with Crippen molar-refractivity contribution < 1.29 is 14.6 Å². The van der Waals surface area contributed by atoms with Crippen LogP contribution in [-0.4, -0.2) is 17.2 Å². The monoisotopic (exact) mass is 340 g/mol. The molecule has 4 heteroatoms. The fourth-order valence-electron chi connectivity index (χ4n) is 2.70. The molecule has 0 aliphatic carbocycles. The SMILES string of the molecule is Cc1c(Cl)cccc1C[C@@H](Oc1cccc2ccccc12)C(=O)O. The van der Waals surface area contributed by atoms with E-state index >= 15 is 0 Å². The van der Waals surface area contributed by atoms with Crippen LogP contribution >= 0.6 is 11.6 Å². The van der Waals surface area contributed by atoms with Gasteiger partial charge in [0.15, 0.2) is 6.10 Å². The van der Waals surface area contributed by atoms with Crippen LogP contribution in [0.2, 0.25) is 5.02 Å². The van der Waals surface area contributed by atoms with Gasteiger partial charge in [0.25, 0.3) is 0 Å². The molecule has 3 aromatic rings. The van der Waals surface area contributed by atoms with Crippen LogP contribution in [0, 0.1) is 6.92 Å². The summed E-state index contributed by atoms with van der Waals surface area (Å²) >= 11 is 6.13. The first-order chi connectivity index (χ1) is 11.6. The van der Waals surface area contributed by atoms with Crippen molar-refractivity contribution in [3.8, 4) is 5.75 Å². The summed E-state index contributed by atoms with van der Waals surface area (Å²) in [5.74, 6) is -0.428. The van der Waals surface area contributed by atoms with Gasteiger partial charge in [-0.05, 0) is 35.6 Å². The quantitative estimate of drug-likeness (QED) is 0.720. The van der Waals surface area contributed by atoms with Gasteiger partial charge >= 0.3 is 5.97 Å². The third kappa shape index (κ3) is 3.36. The molecular formula is C20H17ClO3. The van der Waals surface area contributed by atoms with E-state index in [1.165, 1.54) is 0 Å². The van der Waals surface area contributed by atoms with E-state index in [1.54, 1.807) is 12.1 Å². The Morgan fingerprint density at radius 3 is 2.58 bits per heavy atom. The number of carboxylic acids is 1. The van der Waals surface area contributed by atoms with Crippen LogP contribution in [-0.2, 0) is 11.2 Å². The smallest absolute Gasteiger partial charge is 0.345 e. The van der Waals surface area contributed by atoms with Crippen molar-refractivity contribution in [2.75, 3.05) is 0 Å². The van der Waals surface area contributed by atoms with Crippen LogP contribution < -0.4 is 4.74 Å². The van der Waals surface area contributed by atoms with Crippen LogP contribution in [0.3, 0.4) is 0 Å². The molecule has 0 amide bonds. The number of carbonyl (C=O) groups is 1. The van der Waals surface area contributed by atoms with Gasteiger partial charge in [-0.15, -0.1) is 0 Å². The lowest BCUT2D eigenvalue weighted by Gasteiger charge is -2.18. The summed E-state index contributed by atoms with van der Waals surface area (Å²) in [6.45, 7) is 1.88. The molecule has 0 radical (unpaired) electrons. The van der Waals surface area contributed by atoms with Crippen molar-refractivity contribution in [1.29, 1.82) is 0 Å². The van der Waals surface area contributed by atoms with Crippen LogP contribution in [0.4, 0.5) is 0 Å². The number of benzene rings is 3. The molecule has 3 aromatic carbocycles. The molecule has 0 aliphatic heterocycles. The zero-order valence-electron chi connectivity index (χ0n) is 13.2. The molecule has 0 saturated carbocycles. The van der Waals surface area contributed by atoms with Gasteiger partial charge in [0.2, 0.25) is 0 Å². The Morgan fingerprint density at radius 1 is 1.08 bits per heavy atom. The molecule has 3 nitrogen and oxygen atoms in total. The Hall–Kier alpha value is -2.52. The van der Waals surface area contributed by atoms with Crippen molar-refractivity contribution >= 4 is 28.3 Å². The van der Waals surface area contributed by atoms with Gasteiger partial charge in [0.1, 0.15) is 5.75 Å². The fraction of sp³-hybridized carbons (Fsp3) is 0.150. The van der Waals surface area contributed by atoms with E-state index in [0.29, 0.717) is 10.8 Å². The van der Waals surface area contributed by atoms with Gasteiger partial charge in [-0.2, -0.15) is 0 Å². The molecule has 122 valence electrons. The molecule has 0 aromatic heterocycles. The lowest BCUT2D eigenvalue weighted by molar-refractivity contribution is -0.144. The van der Waals surface area contributed by atoms with Gasteiger partial charge in [-0.1, -0.05) is 60.1 Å². The van der Waals surface area contributed by atoms with E-state index in [1.807, 2.05) is 55.5 Å². The minimum absolute atomic E-state index is 0.255. The molecule has 3 rings (SSSR count). The van der Waals surface area contributed by atoms with Gasteiger partial charge in [0, 0.05) is 16.8 Å². The van der Waals surface area contributed by atoms with E-state index in [0.717, 1.165) is 21.9 Å². The molecule has 0 bridgehead atoms. The highest BCUT2D eigenvalue weighted by molar-refractivity contribution is 6.31. The zero-order chi connectivity index (χ0) is 17.1. The largest absolute Gasteiger partial charge is 0.478 e. The number of fused-ring (bicyclic) bond motifs is 1. The van der Waals surface area contributed by atoms with Gasteiger partial charge < -0.3 is 9.84 Å². The second kappa shape index (κ2) is 6.93. The molecule has 0 unspecified atom stereocenters. The Kier molecular flexibility index (Phi) is 4.72. The first kappa shape index (κ1) is 16.3. The molecule has 1 atom stereocenters. The number of hydrogen-bond acceptors (Lipinski definition) is 2. The third-order valence-corrected chi connectivity index (χ3v) is 4.49. The highest BCUT2D eigenvalue weighted by Gasteiger charge is 2.22. The Labute approximate surface area is 145 Å². The zero-order valence-corrected chi connectivity index (χ0v) is 14.0. The topological polar surface area (TPSA) is 46.5 Å². The molecule has 1 N–H and O–H groups in total. The Balaban J connectivity index is 1.92. The van der Waals surface area contributed by atoms with Crippen LogP contribution in [0.25, 0.3) is 10.8 Å². The van der Waals surface area contributed by atoms with Gasteiger partial charge in [-0.25, -0.2) is 4.79 Å². The summed E-state index contributed by atoms with van der Waals surface area (Å²) in [4.78, 5) is 11.7. The lowest BCUT2D eigenvalue weighted by Crippen LogP contribution is -2.29. The Morgan fingerprint density at radius 2 is 1.79 bits per heavy atom. The predicted octanol–water partition coefficient (Wildman–Crippen LogP) is 4.88. The molecule has 0 spiro atoms. The van der Waals surface area contributed by atoms with Crippen molar-refractivity contribution in [3.63, 3.8) is 0 Å². The number of carboxylic acid groups (broad SMARTS) is 1. The maximum atomic E-state index is 11.7. The average Bonchev–Trinajstić information content (AvgIpc) is 2.58. The van der Waals surface area contributed by atoms with Gasteiger partial charge in [0.05, 0.1) is 0 Å². The highest BCUT2D eigenvalue weighted by atomic mass is 35.5. The van der Waals surface area contributed by atoms with Crippen LogP contribution in [0.15, 0.2) is 60.7 Å². The number of halogens is 1. The van der Waals surface area contributed by atoms with E-state index in [9.17, 15) is 9.90 Å². The summed E-state index contributed by atoms with van der Waals surface area (Å²) in [6.07, 6.45) is -0.724. The summed E-state index contributed by atoms with van der Waals surface area (Å²) in [5.41, 5.74) is 1.75. The van der Waals surface area contributed by atoms with E-state index in [-0.39, 0.29) is 6.42 Å². The fourth-order valence-corrected chi connectivity index (χ4v) is 2.90. The van der Waals surface area contributed by atoms with Crippen LogP contribution in [0.1, 0.15) is 11.1 Å². The summed E-state index contributed by atoms with van der Waals surface area (Å²) in [6, 6.07) is 18.9. The van der Waals surface area contributed by atoms with Crippen molar-refractivity contribution in [2.45, 2.75) is 19.4 Å². The first-order valence-electron chi connectivity index (χ1n) is 7.67. The summed E-state index contributed by atoms with van der Waals surface area (Å²) < 4.78 is 5.85. The second-order valence-corrected chi connectivity index (χ2v) is 6.06. The van der Waals surface area contributed by atoms with Gasteiger partial charge in [-0.3, -0.25) is 0 Å².